The van der Waals surface area contributed by atoms with Crippen molar-refractivity contribution in [2.45, 2.75) is 24.9 Å². The molecule has 120 valence electrons. The number of rotatable bonds is 3. The number of nitrogens with two attached hydrogens (primary N) is 1. The molecule has 23 heavy (non-hydrogen) atoms. The number of nitrogen functional groups attached to an aromatic ring is 1. The lowest BCUT2D eigenvalue weighted by Gasteiger charge is -2.23. The first-order chi connectivity index (χ1) is 11.0. The number of benzene rings is 2. The van der Waals surface area contributed by atoms with Gasteiger partial charge in [-0.3, -0.25) is 4.79 Å². The molecule has 4 heteroatoms. The predicted molar refractivity (Wildman–Crippen MR) is 89.5 cm³/mol. The Morgan fingerprint density at radius 1 is 1.13 bits per heavy atom. The summed E-state index contributed by atoms with van der Waals surface area (Å²) in [4.78, 5) is 11.7. The van der Waals surface area contributed by atoms with Gasteiger partial charge in [0.25, 0.3) is 0 Å². The number of carbonyl (C=O) groups excluding carboxylic acids is 1. The monoisotopic (exact) mass is 311 g/mol. The van der Waals surface area contributed by atoms with E-state index < -0.39 is 5.60 Å². The summed E-state index contributed by atoms with van der Waals surface area (Å²) in [6.07, 6.45) is 1.65. The Hall–Kier alpha value is -2.33. The lowest BCUT2D eigenvalue weighted by atomic mass is 9.90. The van der Waals surface area contributed by atoms with Crippen molar-refractivity contribution >= 4 is 11.7 Å². The van der Waals surface area contributed by atoms with Gasteiger partial charge in [0.1, 0.15) is 0 Å². The van der Waals surface area contributed by atoms with Crippen molar-refractivity contribution in [3.05, 3.63) is 54.1 Å². The zero-order valence-corrected chi connectivity index (χ0v) is 13.2. The van der Waals surface area contributed by atoms with Crippen LogP contribution in [-0.2, 0) is 15.1 Å². The summed E-state index contributed by atoms with van der Waals surface area (Å²) in [5.74, 6) is -0.457. The predicted octanol–water partition coefficient (Wildman–Crippen LogP) is 3.10. The molecule has 1 aliphatic carbocycles. The summed E-state index contributed by atoms with van der Waals surface area (Å²) < 4.78 is 4.79. The van der Waals surface area contributed by atoms with Gasteiger partial charge >= 0.3 is 5.97 Å². The van der Waals surface area contributed by atoms with E-state index in [1.165, 1.54) is 7.11 Å². The van der Waals surface area contributed by atoms with Crippen LogP contribution in [0.3, 0.4) is 0 Å². The van der Waals surface area contributed by atoms with Crippen molar-refractivity contribution in [3.8, 4) is 11.1 Å². The molecule has 1 fully saturated rings. The number of hydrogen-bond donors (Lipinski definition) is 2. The molecule has 4 nitrogen and oxygen atoms in total. The second-order valence-corrected chi connectivity index (χ2v) is 6.19. The number of anilines is 1. The average Bonchev–Trinajstić information content (AvgIpc) is 2.99. The summed E-state index contributed by atoms with van der Waals surface area (Å²) in [5, 5.41) is 10.9. The Morgan fingerprint density at radius 3 is 2.26 bits per heavy atom. The Bertz CT molecular complexity index is 694. The maximum atomic E-state index is 11.7. The lowest BCUT2D eigenvalue weighted by molar-refractivity contribution is -0.145. The largest absolute Gasteiger partial charge is 0.469 e. The molecule has 1 saturated carbocycles. The molecule has 0 bridgehead atoms. The quantitative estimate of drug-likeness (QED) is 0.675. The van der Waals surface area contributed by atoms with Gasteiger partial charge in [-0.05, 0) is 48.1 Å². The zero-order valence-electron chi connectivity index (χ0n) is 13.2. The first-order valence-corrected chi connectivity index (χ1v) is 7.78. The number of aliphatic hydroxyl groups is 1. The normalized spacial score (nSPS) is 23.7. The van der Waals surface area contributed by atoms with Crippen molar-refractivity contribution in [1.82, 2.24) is 0 Å². The Morgan fingerprint density at radius 2 is 1.70 bits per heavy atom. The Kier molecular flexibility index (Phi) is 4.09. The maximum Gasteiger partial charge on any atom is 0.308 e. The van der Waals surface area contributed by atoms with Crippen LogP contribution in [0.15, 0.2) is 48.5 Å². The van der Waals surface area contributed by atoms with Crippen LogP contribution in [0, 0.1) is 5.92 Å². The average molecular weight is 311 g/mol. The van der Waals surface area contributed by atoms with Crippen molar-refractivity contribution in [2.24, 2.45) is 5.92 Å². The van der Waals surface area contributed by atoms with Crippen molar-refractivity contribution in [3.63, 3.8) is 0 Å². The van der Waals surface area contributed by atoms with Crippen LogP contribution in [0.25, 0.3) is 11.1 Å². The summed E-state index contributed by atoms with van der Waals surface area (Å²) in [6.45, 7) is 0. The third-order valence-corrected chi connectivity index (χ3v) is 4.69. The van der Waals surface area contributed by atoms with Gasteiger partial charge < -0.3 is 15.6 Å². The second kappa shape index (κ2) is 6.05. The molecule has 2 aromatic rings. The second-order valence-electron chi connectivity index (χ2n) is 6.19. The number of hydrogen-bond acceptors (Lipinski definition) is 4. The minimum atomic E-state index is -0.946. The minimum absolute atomic E-state index is 0.221. The molecule has 0 unspecified atom stereocenters. The van der Waals surface area contributed by atoms with Crippen LogP contribution in [0.2, 0.25) is 0 Å². The van der Waals surface area contributed by atoms with E-state index in [4.69, 9.17) is 10.5 Å². The molecular weight excluding hydrogens is 290 g/mol. The summed E-state index contributed by atoms with van der Waals surface area (Å²) in [6, 6.07) is 15.5. The minimum Gasteiger partial charge on any atom is -0.469 e. The summed E-state index contributed by atoms with van der Waals surface area (Å²) in [7, 11) is 1.39. The van der Waals surface area contributed by atoms with E-state index in [0.29, 0.717) is 19.3 Å². The molecule has 2 aromatic carbocycles. The van der Waals surface area contributed by atoms with Gasteiger partial charge in [0.05, 0.1) is 18.6 Å². The molecule has 0 aromatic heterocycles. The first-order valence-electron chi connectivity index (χ1n) is 7.78. The summed E-state index contributed by atoms with van der Waals surface area (Å²) in [5.41, 5.74) is 8.50. The topological polar surface area (TPSA) is 72.5 Å². The maximum absolute atomic E-state index is 11.7. The highest BCUT2D eigenvalue weighted by Gasteiger charge is 2.42. The van der Waals surface area contributed by atoms with Gasteiger partial charge in [-0.15, -0.1) is 0 Å². The standard InChI is InChI=1S/C19H21NO3/c1-23-18(21)15-10-11-19(22,12-15)16-6-2-13(3-7-16)14-4-8-17(20)9-5-14/h2-9,15,22H,10-12,20H2,1H3/t15-,19-/m1/s1. The number of esters is 1. The summed E-state index contributed by atoms with van der Waals surface area (Å²) >= 11 is 0. The van der Waals surface area contributed by atoms with Crippen LogP contribution in [0.4, 0.5) is 5.69 Å². The molecule has 0 saturated heterocycles. The SMILES string of the molecule is COC(=O)[C@@H]1CC[C@](O)(c2ccc(-c3ccc(N)cc3)cc2)C1. The highest BCUT2D eigenvalue weighted by atomic mass is 16.5. The number of methoxy groups -OCH3 is 1. The van der Waals surface area contributed by atoms with E-state index in [2.05, 4.69) is 0 Å². The highest BCUT2D eigenvalue weighted by Crippen LogP contribution is 2.42. The molecule has 1 aliphatic rings. The van der Waals surface area contributed by atoms with Gasteiger partial charge in [-0.1, -0.05) is 36.4 Å². The van der Waals surface area contributed by atoms with Gasteiger partial charge in [0.2, 0.25) is 0 Å². The molecule has 0 amide bonds. The van der Waals surface area contributed by atoms with Gasteiger partial charge in [-0.2, -0.15) is 0 Å². The number of ether oxygens (including phenoxy) is 1. The van der Waals surface area contributed by atoms with E-state index >= 15 is 0 Å². The van der Waals surface area contributed by atoms with E-state index in [1.54, 1.807) is 0 Å². The number of carbonyl (C=O) groups is 1. The molecule has 2 atom stereocenters. The molecule has 3 N–H and O–H groups in total. The lowest BCUT2D eigenvalue weighted by Crippen LogP contribution is -2.23. The van der Waals surface area contributed by atoms with Gasteiger partial charge in [0.15, 0.2) is 0 Å². The molecule has 0 spiro atoms. The Labute approximate surface area is 135 Å². The van der Waals surface area contributed by atoms with E-state index in [9.17, 15) is 9.90 Å². The molecular formula is C19H21NO3. The zero-order chi connectivity index (χ0) is 16.4. The van der Waals surface area contributed by atoms with Crippen LogP contribution in [0.5, 0.6) is 0 Å². The Balaban J connectivity index is 1.79. The third-order valence-electron chi connectivity index (χ3n) is 4.69. The first kappa shape index (κ1) is 15.6. The van der Waals surface area contributed by atoms with Crippen LogP contribution in [0.1, 0.15) is 24.8 Å². The fourth-order valence-electron chi connectivity index (χ4n) is 3.30. The smallest absolute Gasteiger partial charge is 0.308 e. The molecule has 0 heterocycles. The molecule has 3 rings (SSSR count). The van der Waals surface area contributed by atoms with Gasteiger partial charge in [-0.25, -0.2) is 0 Å². The highest BCUT2D eigenvalue weighted by molar-refractivity contribution is 5.73. The van der Waals surface area contributed by atoms with Crippen molar-refractivity contribution in [1.29, 1.82) is 0 Å². The molecule has 0 aliphatic heterocycles. The van der Waals surface area contributed by atoms with Crippen molar-refractivity contribution in [2.75, 3.05) is 12.8 Å². The van der Waals surface area contributed by atoms with E-state index in [-0.39, 0.29) is 11.9 Å². The fraction of sp³-hybridized carbons (Fsp3) is 0.316. The third kappa shape index (κ3) is 3.08. The van der Waals surface area contributed by atoms with E-state index in [0.717, 1.165) is 22.4 Å². The fourth-order valence-corrected chi connectivity index (χ4v) is 3.30. The van der Waals surface area contributed by atoms with Crippen molar-refractivity contribution < 1.29 is 14.6 Å². The van der Waals surface area contributed by atoms with Crippen LogP contribution >= 0.6 is 0 Å². The van der Waals surface area contributed by atoms with E-state index in [1.807, 2.05) is 48.5 Å². The molecule has 0 radical (unpaired) electrons. The van der Waals surface area contributed by atoms with Gasteiger partial charge in [0, 0.05) is 5.69 Å². The van der Waals surface area contributed by atoms with Crippen LogP contribution < -0.4 is 5.73 Å². The van der Waals surface area contributed by atoms with Crippen LogP contribution in [-0.4, -0.2) is 18.2 Å².